The molecule has 1 fully saturated rings. The van der Waals surface area contributed by atoms with E-state index in [4.69, 9.17) is 0 Å². The van der Waals surface area contributed by atoms with Crippen molar-refractivity contribution in [1.82, 2.24) is 14.9 Å². The van der Waals surface area contributed by atoms with Crippen molar-refractivity contribution in [3.8, 4) is 0 Å². The Labute approximate surface area is 138 Å². The predicted molar refractivity (Wildman–Crippen MR) is 95.1 cm³/mol. The second-order valence-corrected chi connectivity index (χ2v) is 6.11. The highest BCUT2D eigenvalue weighted by Crippen LogP contribution is 2.17. The first-order chi connectivity index (χ1) is 11.2. The van der Waals surface area contributed by atoms with E-state index in [9.17, 15) is 0 Å². The molecule has 0 saturated carbocycles. The third kappa shape index (κ3) is 4.42. The number of aromatic nitrogens is 2. The molecule has 0 spiro atoms. The summed E-state index contributed by atoms with van der Waals surface area (Å²) >= 11 is 0. The molecule has 1 aliphatic rings. The molecule has 0 radical (unpaired) electrons. The molecule has 2 heterocycles. The van der Waals surface area contributed by atoms with Crippen molar-refractivity contribution in [1.29, 1.82) is 0 Å². The highest BCUT2D eigenvalue weighted by Gasteiger charge is 2.16. The Morgan fingerprint density at radius 3 is 2.52 bits per heavy atom. The van der Waals surface area contributed by atoms with Crippen molar-refractivity contribution in [3.05, 3.63) is 47.8 Å². The summed E-state index contributed by atoms with van der Waals surface area (Å²) < 4.78 is 0. The lowest BCUT2D eigenvalue weighted by Gasteiger charge is -2.33. The molecular formula is C18H25N5. The van der Waals surface area contributed by atoms with E-state index in [1.807, 2.05) is 13.0 Å². The average Bonchev–Trinajstić information content (AvgIpc) is 2.56. The molecule has 122 valence electrons. The van der Waals surface area contributed by atoms with Gasteiger partial charge in [0.2, 0.25) is 0 Å². The van der Waals surface area contributed by atoms with Crippen molar-refractivity contribution >= 4 is 11.6 Å². The molecule has 0 aliphatic carbocycles. The molecule has 23 heavy (non-hydrogen) atoms. The first kappa shape index (κ1) is 15.7. The molecule has 0 unspecified atom stereocenters. The maximum atomic E-state index is 4.61. The van der Waals surface area contributed by atoms with Gasteiger partial charge in [-0.2, -0.15) is 0 Å². The van der Waals surface area contributed by atoms with Gasteiger partial charge < -0.3 is 15.1 Å². The molecule has 3 rings (SSSR count). The minimum Gasteiger partial charge on any atom is -0.370 e. The highest BCUT2D eigenvalue weighted by molar-refractivity contribution is 5.49. The van der Waals surface area contributed by atoms with Crippen LogP contribution in [0.4, 0.5) is 11.6 Å². The van der Waals surface area contributed by atoms with Crippen LogP contribution in [0.2, 0.25) is 0 Å². The first-order valence-electron chi connectivity index (χ1n) is 8.28. The molecule has 1 N–H and O–H groups in total. The molecule has 1 aromatic carbocycles. The first-order valence-corrected chi connectivity index (χ1v) is 8.28. The van der Waals surface area contributed by atoms with E-state index in [0.29, 0.717) is 0 Å². The van der Waals surface area contributed by atoms with Gasteiger partial charge in [0.15, 0.2) is 0 Å². The number of likely N-dealkylation sites (N-methyl/N-ethyl adjacent to an activating group) is 1. The van der Waals surface area contributed by atoms with Crippen LogP contribution in [-0.4, -0.2) is 54.6 Å². The summed E-state index contributed by atoms with van der Waals surface area (Å²) in [5.41, 5.74) is 1.34. The van der Waals surface area contributed by atoms with Gasteiger partial charge in [0, 0.05) is 38.8 Å². The smallest absolute Gasteiger partial charge is 0.134 e. The summed E-state index contributed by atoms with van der Waals surface area (Å²) in [5.74, 6) is 2.78. The summed E-state index contributed by atoms with van der Waals surface area (Å²) in [4.78, 5) is 13.8. The van der Waals surface area contributed by atoms with Crippen LogP contribution >= 0.6 is 0 Å². The fourth-order valence-electron chi connectivity index (χ4n) is 2.82. The van der Waals surface area contributed by atoms with Gasteiger partial charge in [-0.15, -0.1) is 0 Å². The molecule has 1 saturated heterocycles. The molecular weight excluding hydrogens is 286 g/mol. The van der Waals surface area contributed by atoms with E-state index in [1.165, 1.54) is 5.56 Å². The molecule has 0 atom stereocenters. The molecule has 0 amide bonds. The molecule has 5 heteroatoms. The summed E-state index contributed by atoms with van der Waals surface area (Å²) in [5, 5.41) is 3.43. The largest absolute Gasteiger partial charge is 0.370 e. The van der Waals surface area contributed by atoms with Gasteiger partial charge in [-0.1, -0.05) is 30.3 Å². The minimum atomic E-state index is 0.823. The van der Waals surface area contributed by atoms with E-state index < -0.39 is 0 Å². The van der Waals surface area contributed by atoms with Crippen LogP contribution in [0, 0.1) is 6.92 Å². The monoisotopic (exact) mass is 311 g/mol. The van der Waals surface area contributed by atoms with Crippen LogP contribution < -0.4 is 10.2 Å². The van der Waals surface area contributed by atoms with Gasteiger partial charge in [-0.3, -0.25) is 0 Å². The summed E-state index contributed by atoms with van der Waals surface area (Å²) in [6, 6.07) is 12.6. The fraction of sp³-hybridized carbons (Fsp3) is 0.444. The number of piperazine rings is 1. The Balaban J connectivity index is 1.61. The molecule has 5 nitrogen and oxygen atoms in total. The van der Waals surface area contributed by atoms with Gasteiger partial charge in [0.25, 0.3) is 0 Å². The van der Waals surface area contributed by atoms with Crippen molar-refractivity contribution < 1.29 is 0 Å². The Morgan fingerprint density at radius 1 is 1.04 bits per heavy atom. The van der Waals surface area contributed by atoms with Crippen molar-refractivity contribution in [2.75, 3.05) is 50.0 Å². The van der Waals surface area contributed by atoms with Gasteiger partial charge >= 0.3 is 0 Å². The van der Waals surface area contributed by atoms with Crippen molar-refractivity contribution in [2.24, 2.45) is 0 Å². The second kappa shape index (κ2) is 7.42. The lowest BCUT2D eigenvalue weighted by molar-refractivity contribution is 0.312. The van der Waals surface area contributed by atoms with E-state index in [1.54, 1.807) is 0 Å². The number of benzene rings is 1. The lowest BCUT2D eigenvalue weighted by atomic mass is 10.1. The zero-order valence-electron chi connectivity index (χ0n) is 14.0. The SMILES string of the molecule is Cc1nc(NCCc2ccccc2)cc(N2CCN(C)CC2)n1. The summed E-state index contributed by atoms with van der Waals surface area (Å²) in [6.07, 6.45) is 0.994. The zero-order valence-corrected chi connectivity index (χ0v) is 14.0. The zero-order chi connectivity index (χ0) is 16.1. The Bertz CT molecular complexity index is 621. The number of nitrogens with one attached hydrogen (secondary N) is 1. The van der Waals surface area contributed by atoms with Crippen LogP contribution in [-0.2, 0) is 6.42 Å². The molecule has 1 aromatic heterocycles. The third-order valence-electron chi connectivity index (χ3n) is 4.21. The van der Waals surface area contributed by atoms with Crippen LogP contribution in [0.15, 0.2) is 36.4 Å². The Hall–Kier alpha value is -2.14. The number of aryl methyl sites for hydroxylation is 1. The maximum absolute atomic E-state index is 4.61. The van der Waals surface area contributed by atoms with Crippen LogP contribution in [0.5, 0.6) is 0 Å². The maximum Gasteiger partial charge on any atom is 0.134 e. The average molecular weight is 311 g/mol. The summed E-state index contributed by atoms with van der Waals surface area (Å²) in [7, 11) is 2.17. The quantitative estimate of drug-likeness (QED) is 0.917. The number of rotatable bonds is 5. The fourth-order valence-corrected chi connectivity index (χ4v) is 2.82. The van der Waals surface area contributed by atoms with E-state index in [-0.39, 0.29) is 0 Å². The van der Waals surface area contributed by atoms with E-state index >= 15 is 0 Å². The Kier molecular flexibility index (Phi) is 5.08. The van der Waals surface area contributed by atoms with Gasteiger partial charge in [0.05, 0.1) is 0 Å². The molecule has 1 aliphatic heterocycles. The topological polar surface area (TPSA) is 44.3 Å². The third-order valence-corrected chi connectivity index (χ3v) is 4.21. The predicted octanol–water partition coefficient (Wildman–Crippen LogP) is 2.19. The standard InChI is InChI=1S/C18H25N5/c1-15-20-17(19-9-8-16-6-4-3-5-7-16)14-18(21-15)23-12-10-22(2)11-13-23/h3-7,14H,8-13H2,1-2H3,(H,19,20,21). The molecule has 2 aromatic rings. The number of hydrogen-bond acceptors (Lipinski definition) is 5. The number of nitrogens with zero attached hydrogens (tertiary/aromatic N) is 4. The number of anilines is 2. The van der Waals surface area contributed by atoms with Crippen molar-refractivity contribution in [3.63, 3.8) is 0 Å². The minimum absolute atomic E-state index is 0.823. The normalized spacial score (nSPS) is 15.7. The lowest BCUT2D eigenvalue weighted by Crippen LogP contribution is -2.44. The van der Waals surface area contributed by atoms with Gasteiger partial charge in [-0.05, 0) is 26.0 Å². The van der Waals surface area contributed by atoms with Crippen LogP contribution in [0.3, 0.4) is 0 Å². The summed E-state index contributed by atoms with van der Waals surface area (Å²) in [6.45, 7) is 7.05. The Morgan fingerprint density at radius 2 is 1.78 bits per heavy atom. The second-order valence-electron chi connectivity index (χ2n) is 6.11. The van der Waals surface area contributed by atoms with Crippen molar-refractivity contribution in [2.45, 2.75) is 13.3 Å². The van der Waals surface area contributed by atoms with Crippen LogP contribution in [0.25, 0.3) is 0 Å². The molecule has 0 bridgehead atoms. The van der Waals surface area contributed by atoms with Gasteiger partial charge in [-0.25, -0.2) is 9.97 Å². The van der Waals surface area contributed by atoms with E-state index in [2.05, 4.69) is 62.5 Å². The van der Waals surface area contributed by atoms with Crippen LogP contribution in [0.1, 0.15) is 11.4 Å². The highest BCUT2D eigenvalue weighted by atomic mass is 15.3. The number of hydrogen-bond donors (Lipinski definition) is 1. The van der Waals surface area contributed by atoms with E-state index in [0.717, 1.165) is 56.6 Å². The van der Waals surface area contributed by atoms with Gasteiger partial charge in [0.1, 0.15) is 17.5 Å².